The average molecular weight is 446 g/mol. The number of hydrogen-bond donors (Lipinski definition) is 1. The zero-order valence-electron chi connectivity index (χ0n) is 16.9. The molecule has 1 aromatic heterocycles. The van der Waals surface area contributed by atoms with Crippen molar-refractivity contribution < 1.29 is 4.79 Å². The summed E-state index contributed by atoms with van der Waals surface area (Å²) in [5.41, 5.74) is 1.81. The van der Waals surface area contributed by atoms with E-state index in [1.165, 1.54) is 0 Å². The Hall–Kier alpha value is -1.99. The molecule has 2 heterocycles. The van der Waals surface area contributed by atoms with Crippen LogP contribution in [0.1, 0.15) is 38.2 Å². The van der Waals surface area contributed by atoms with Gasteiger partial charge in [-0.25, -0.2) is 9.97 Å². The summed E-state index contributed by atoms with van der Waals surface area (Å²) in [4.78, 5) is 26.4. The first-order valence-corrected chi connectivity index (χ1v) is 10.5. The number of anilines is 2. The number of amides is 1. The molecule has 2 aromatic rings. The van der Waals surface area contributed by atoms with Crippen molar-refractivity contribution in [2.45, 2.75) is 39.7 Å². The molecule has 6 nitrogen and oxygen atoms in total. The number of carbonyl (C=O) groups excluding carboxylic acids is 1. The summed E-state index contributed by atoms with van der Waals surface area (Å²) >= 11 is 3.44. The summed E-state index contributed by atoms with van der Waals surface area (Å²) in [6.45, 7) is 11.6. The van der Waals surface area contributed by atoms with Crippen LogP contribution in [0.3, 0.4) is 0 Å². The molecule has 0 saturated carbocycles. The van der Waals surface area contributed by atoms with E-state index in [0.29, 0.717) is 5.92 Å². The predicted octanol–water partition coefficient (Wildman–Crippen LogP) is 3.82. The third-order valence-corrected chi connectivity index (χ3v) is 5.53. The Morgan fingerprint density at radius 2 is 1.82 bits per heavy atom. The molecule has 1 N–H and O–H groups in total. The number of aryl methyl sites for hydroxylation is 1. The van der Waals surface area contributed by atoms with Gasteiger partial charge in [0, 0.05) is 54.0 Å². The van der Waals surface area contributed by atoms with Crippen LogP contribution in [0.5, 0.6) is 0 Å². The van der Waals surface area contributed by atoms with Gasteiger partial charge in [0.2, 0.25) is 5.91 Å². The summed E-state index contributed by atoms with van der Waals surface area (Å²) in [7, 11) is 0. The molecule has 1 fully saturated rings. The number of rotatable bonds is 5. The molecule has 0 radical (unpaired) electrons. The van der Waals surface area contributed by atoms with E-state index < -0.39 is 0 Å². The van der Waals surface area contributed by atoms with Gasteiger partial charge < -0.3 is 10.2 Å². The molecule has 3 rings (SSSR count). The van der Waals surface area contributed by atoms with Crippen molar-refractivity contribution in [2.75, 3.05) is 36.4 Å². The molecule has 28 heavy (non-hydrogen) atoms. The maximum absolute atomic E-state index is 12.6. The molecule has 1 atom stereocenters. The van der Waals surface area contributed by atoms with Crippen LogP contribution < -0.4 is 10.2 Å². The minimum absolute atomic E-state index is 0.0199. The SMILES string of the molecule is Cc1cc(N2CCN([C@H](C)C(=O)Nc3cccc(Br)c3)CC2)nc(C(C)C)n1. The fraction of sp³-hybridized carbons (Fsp3) is 0.476. The molecular weight excluding hydrogens is 418 g/mol. The van der Waals surface area contributed by atoms with Gasteiger partial charge in [-0.1, -0.05) is 35.8 Å². The van der Waals surface area contributed by atoms with E-state index in [2.05, 4.69) is 49.9 Å². The molecule has 1 aromatic carbocycles. The van der Waals surface area contributed by atoms with E-state index in [1.54, 1.807) is 0 Å². The van der Waals surface area contributed by atoms with E-state index in [0.717, 1.165) is 53.7 Å². The van der Waals surface area contributed by atoms with Gasteiger partial charge in [-0.3, -0.25) is 9.69 Å². The van der Waals surface area contributed by atoms with E-state index in [9.17, 15) is 4.79 Å². The van der Waals surface area contributed by atoms with E-state index in [4.69, 9.17) is 4.98 Å². The molecule has 0 bridgehead atoms. The number of benzene rings is 1. The zero-order valence-corrected chi connectivity index (χ0v) is 18.5. The van der Waals surface area contributed by atoms with Crippen LogP contribution in [-0.2, 0) is 4.79 Å². The summed E-state index contributed by atoms with van der Waals surface area (Å²) < 4.78 is 0.951. The highest BCUT2D eigenvalue weighted by molar-refractivity contribution is 9.10. The Labute approximate surface area is 175 Å². The van der Waals surface area contributed by atoms with Crippen molar-refractivity contribution in [3.05, 3.63) is 46.3 Å². The largest absolute Gasteiger partial charge is 0.354 e. The average Bonchev–Trinajstić information content (AvgIpc) is 2.67. The first-order chi connectivity index (χ1) is 13.3. The quantitative estimate of drug-likeness (QED) is 0.757. The Bertz CT molecular complexity index is 833. The molecular formula is C21H28BrN5O. The molecule has 0 spiro atoms. The van der Waals surface area contributed by atoms with Gasteiger partial charge in [-0.2, -0.15) is 0 Å². The van der Waals surface area contributed by atoms with Gasteiger partial charge in [-0.05, 0) is 32.0 Å². The number of nitrogens with one attached hydrogen (secondary N) is 1. The molecule has 1 saturated heterocycles. The minimum Gasteiger partial charge on any atom is -0.354 e. The topological polar surface area (TPSA) is 61.4 Å². The molecule has 7 heteroatoms. The number of nitrogens with zero attached hydrogens (tertiary/aromatic N) is 4. The second-order valence-corrected chi connectivity index (χ2v) is 8.49. The van der Waals surface area contributed by atoms with Crippen LogP contribution in [0.2, 0.25) is 0 Å². The van der Waals surface area contributed by atoms with Crippen LogP contribution in [0.4, 0.5) is 11.5 Å². The fourth-order valence-corrected chi connectivity index (χ4v) is 3.71. The third-order valence-electron chi connectivity index (χ3n) is 5.03. The monoisotopic (exact) mass is 445 g/mol. The van der Waals surface area contributed by atoms with Crippen molar-refractivity contribution in [3.8, 4) is 0 Å². The summed E-state index contributed by atoms with van der Waals surface area (Å²) in [5, 5.41) is 3.01. The Morgan fingerprint density at radius 3 is 2.46 bits per heavy atom. The lowest BCUT2D eigenvalue weighted by molar-refractivity contribution is -0.120. The zero-order chi connectivity index (χ0) is 20.3. The highest BCUT2D eigenvalue weighted by atomic mass is 79.9. The normalized spacial score (nSPS) is 16.3. The van der Waals surface area contributed by atoms with Gasteiger partial charge >= 0.3 is 0 Å². The molecule has 0 aliphatic carbocycles. The number of aromatic nitrogens is 2. The standard InChI is InChI=1S/C21H28BrN5O/c1-14(2)20-23-15(3)12-19(25-20)27-10-8-26(9-11-27)16(4)21(28)24-18-7-5-6-17(22)13-18/h5-7,12-14,16H,8-11H2,1-4H3,(H,24,28)/t16-/m1/s1. The first kappa shape index (κ1) is 20.7. The smallest absolute Gasteiger partial charge is 0.241 e. The van der Waals surface area contributed by atoms with Gasteiger partial charge in [0.15, 0.2) is 0 Å². The number of piperazine rings is 1. The highest BCUT2D eigenvalue weighted by Crippen LogP contribution is 2.20. The second-order valence-electron chi connectivity index (χ2n) is 7.58. The van der Waals surface area contributed by atoms with Crippen molar-refractivity contribution in [3.63, 3.8) is 0 Å². The van der Waals surface area contributed by atoms with E-state index in [-0.39, 0.29) is 11.9 Å². The molecule has 150 valence electrons. The van der Waals surface area contributed by atoms with Crippen molar-refractivity contribution >= 4 is 33.3 Å². The van der Waals surface area contributed by atoms with Crippen LogP contribution >= 0.6 is 15.9 Å². The fourth-order valence-electron chi connectivity index (χ4n) is 3.31. The van der Waals surface area contributed by atoms with Gasteiger partial charge in [-0.15, -0.1) is 0 Å². The second kappa shape index (κ2) is 9.01. The van der Waals surface area contributed by atoms with Gasteiger partial charge in [0.25, 0.3) is 0 Å². The lowest BCUT2D eigenvalue weighted by Gasteiger charge is -2.38. The lowest BCUT2D eigenvalue weighted by atomic mass is 10.2. The van der Waals surface area contributed by atoms with Crippen molar-refractivity contribution in [2.24, 2.45) is 0 Å². The van der Waals surface area contributed by atoms with Crippen LogP contribution in [-0.4, -0.2) is 53.0 Å². The maximum atomic E-state index is 12.6. The van der Waals surface area contributed by atoms with Crippen molar-refractivity contribution in [1.82, 2.24) is 14.9 Å². The number of carbonyl (C=O) groups is 1. The van der Waals surface area contributed by atoms with Gasteiger partial charge in [0.1, 0.15) is 11.6 Å². The molecule has 1 aliphatic heterocycles. The third kappa shape index (κ3) is 5.08. The summed E-state index contributed by atoms with van der Waals surface area (Å²) in [5.74, 6) is 2.20. The minimum atomic E-state index is -0.181. The Morgan fingerprint density at radius 1 is 1.11 bits per heavy atom. The lowest BCUT2D eigenvalue weighted by Crippen LogP contribution is -2.53. The summed E-state index contributed by atoms with van der Waals surface area (Å²) in [6, 6.07) is 9.53. The van der Waals surface area contributed by atoms with Crippen LogP contribution in [0.25, 0.3) is 0 Å². The highest BCUT2D eigenvalue weighted by Gasteiger charge is 2.26. The van der Waals surface area contributed by atoms with Crippen LogP contribution in [0.15, 0.2) is 34.8 Å². The Kier molecular flexibility index (Phi) is 6.67. The summed E-state index contributed by atoms with van der Waals surface area (Å²) in [6.07, 6.45) is 0. The molecule has 1 aliphatic rings. The maximum Gasteiger partial charge on any atom is 0.241 e. The van der Waals surface area contributed by atoms with Gasteiger partial charge in [0.05, 0.1) is 6.04 Å². The predicted molar refractivity (Wildman–Crippen MR) is 117 cm³/mol. The van der Waals surface area contributed by atoms with Crippen molar-refractivity contribution in [1.29, 1.82) is 0 Å². The van der Waals surface area contributed by atoms with E-state index >= 15 is 0 Å². The van der Waals surface area contributed by atoms with E-state index in [1.807, 2.05) is 44.2 Å². The number of hydrogen-bond acceptors (Lipinski definition) is 5. The molecule has 1 amide bonds. The number of halogens is 1. The first-order valence-electron chi connectivity index (χ1n) is 9.74. The Balaban J connectivity index is 1.59. The van der Waals surface area contributed by atoms with Crippen LogP contribution in [0, 0.1) is 6.92 Å². The molecule has 0 unspecified atom stereocenters.